The Morgan fingerprint density at radius 3 is 2.77 bits per heavy atom. The zero-order valence-corrected chi connectivity index (χ0v) is 15.5. The van der Waals surface area contributed by atoms with Crippen molar-refractivity contribution in [3.63, 3.8) is 0 Å². The molecule has 0 bridgehead atoms. The first kappa shape index (κ1) is 18.1. The van der Waals surface area contributed by atoms with Crippen LogP contribution in [0.5, 0.6) is 17.2 Å². The SMILES string of the molecule is CCC(Oc1cc(C)ccc1C)C(=O)NCC1COc2ccccc2O1. The Bertz CT molecular complexity index is 774. The van der Waals surface area contributed by atoms with Crippen LogP contribution >= 0.6 is 0 Å². The molecule has 1 heterocycles. The minimum atomic E-state index is -0.535. The highest BCUT2D eigenvalue weighted by atomic mass is 16.6. The minimum Gasteiger partial charge on any atom is -0.486 e. The van der Waals surface area contributed by atoms with E-state index in [0.717, 1.165) is 22.6 Å². The summed E-state index contributed by atoms with van der Waals surface area (Å²) in [6, 6.07) is 13.5. The van der Waals surface area contributed by atoms with Crippen molar-refractivity contribution in [1.29, 1.82) is 0 Å². The molecule has 0 fully saturated rings. The second-order valence-corrected chi connectivity index (χ2v) is 6.53. The maximum Gasteiger partial charge on any atom is 0.261 e. The summed E-state index contributed by atoms with van der Waals surface area (Å²) >= 11 is 0. The molecule has 0 saturated carbocycles. The number of carbonyl (C=O) groups excluding carboxylic acids is 1. The number of amides is 1. The van der Waals surface area contributed by atoms with E-state index >= 15 is 0 Å². The third-order valence-electron chi connectivity index (χ3n) is 4.35. The molecule has 138 valence electrons. The molecule has 1 amide bonds. The summed E-state index contributed by atoms with van der Waals surface area (Å²) in [5.41, 5.74) is 2.12. The number of benzene rings is 2. The fourth-order valence-electron chi connectivity index (χ4n) is 2.80. The number of carbonyl (C=O) groups is 1. The van der Waals surface area contributed by atoms with E-state index in [2.05, 4.69) is 5.32 Å². The third kappa shape index (κ3) is 4.28. The molecule has 0 saturated heterocycles. The Balaban J connectivity index is 1.56. The Kier molecular flexibility index (Phi) is 5.66. The highest BCUT2D eigenvalue weighted by molar-refractivity contribution is 5.81. The average Bonchev–Trinajstić information content (AvgIpc) is 2.66. The van der Waals surface area contributed by atoms with E-state index in [0.29, 0.717) is 25.3 Å². The average molecular weight is 355 g/mol. The molecule has 5 nitrogen and oxygen atoms in total. The molecule has 0 spiro atoms. The van der Waals surface area contributed by atoms with Crippen LogP contribution in [0.3, 0.4) is 0 Å². The van der Waals surface area contributed by atoms with Crippen LogP contribution in [0.15, 0.2) is 42.5 Å². The van der Waals surface area contributed by atoms with Crippen molar-refractivity contribution < 1.29 is 19.0 Å². The molecule has 26 heavy (non-hydrogen) atoms. The van der Waals surface area contributed by atoms with Crippen LogP contribution in [0.1, 0.15) is 24.5 Å². The second kappa shape index (κ2) is 8.13. The lowest BCUT2D eigenvalue weighted by atomic mass is 10.1. The van der Waals surface area contributed by atoms with Crippen molar-refractivity contribution in [2.24, 2.45) is 0 Å². The Labute approximate surface area is 154 Å². The number of aryl methyl sites for hydroxylation is 2. The summed E-state index contributed by atoms with van der Waals surface area (Å²) < 4.78 is 17.5. The number of hydrogen-bond donors (Lipinski definition) is 1. The molecule has 1 N–H and O–H groups in total. The smallest absolute Gasteiger partial charge is 0.261 e. The fourth-order valence-corrected chi connectivity index (χ4v) is 2.80. The lowest BCUT2D eigenvalue weighted by molar-refractivity contribution is -0.128. The molecular formula is C21H25NO4. The number of nitrogens with one attached hydrogen (secondary N) is 1. The molecule has 2 unspecified atom stereocenters. The van der Waals surface area contributed by atoms with E-state index in [1.54, 1.807) is 0 Å². The molecule has 1 aliphatic heterocycles. The monoisotopic (exact) mass is 355 g/mol. The standard InChI is InChI=1S/C21H25NO4/c1-4-17(26-20-11-14(2)9-10-15(20)3)21(23)22-12-16-13-24-18-7-5-6-8-19(18)25-16/h5-11,16-17H,4,12-13H2,1-3H3,(H,22,23). The summed E-state index contributed by atoms with van der Waals surface area (Å²) in [6.45, 7) is 6.70. The number of ether oxygens (including phenoxy) is 3. The van der Waals surface area contributed by atoms with Gasteiger partial charge in [0.25, 0.3) is 5.91 Å². The van der Waals surface area contributed by atoms with Gasteiger partial charge >= 0.3 is 0 Å². The van der Waals surface area contributed by atoms with Crippen molar-refractivity contribution in [1.82, 2.24) is 5.32 Å². The van der Waals surface area contributed by atoms with Gasteiger partial charge in [-0.15, -0.1) is 0 Å². The van der Waals surface area contributed by atoms with Crippen LogP contribution < -0.4 is 19.5 Å². The summed E-state index contributed by atoms with van der Waals surface area (Å²) in [4.78, 5) is 12.5. The molecule has 3 rings (SSSR count). The largest absolute Gasteiger partial charge is 0.486 e. The van der Waals surface area contributed by atoms with E-state index in [4.69, 9.17) is 14.2 Å². The van der Waals surface area contributed by atoms with Crippen LogP contribution in [-0.2, 0) is 4.79 Å². The molecule has 0 radical (unpaired) electrons. The van der Waals surface area contributed by atoms with Crippen LogP contribution in [0.4, 0.5) is 0 Å². The van der Waals surface area contributed by atoms with E-state index < -0.39 is 6.10 Å². The van der Waals surface area contributed by atoms with Gasteiger partial charge in [0, 0.05) is 0 Å². The molecule has 5 heteroatoms. The Morgan fingerprint density at radius 1 is 1.23 bits per heavy atom. The summed E-state index contributed by atoms with van der Waals surface area (Å²) in [5.74, 6) is 2.05. The van der Waals surface area contributed by atoms with Gasteiger partial charge in [0.05, 0.1) is 6.54 Å². The molecule has 2 atom stereocenters. The molecular weight excluding hydrogens is 330 g/mol. The van der Waals surface area contributed by atoms with Crippen molar-refractivity contribution in [2.75, 3.05) is 13.2 Å². The third-order valence-corrected chi connectivity index (χ3v) is 4.35. The second-order valence-electron chi connectivity index (χ2n) is 6.53. The van der Waals surface area contributed by atoms with Crippen LogP contribution in [-0.4, -0.2) is 31.3 Å². The van der Waals surface area contributed by atoms with E-state index in [9.17, 15) is 4.79 Å². The molecule has 2 aromatic rings. The van der Waals surface area contributed by atoms with E-state index in [1.807, 2.05) is 63.2 Å². The fraction of sp³-hybridized carbons (Fsp3) is 0.381. The zero-order valence-electron chi connectivity index (χ0n) is 15.5. The van der Waals surface area contributed by atoms with E-state index in [-0.39, 0.29) is 12.0 Å². The number of hydrogen-bond acceptors (Lipinski definition) is 4. The molecule has 2 aromatic carbocycles. The van der Waals surface area contributed by atoms with Gasteiger partial charge in [-0.1, -0.05) is 31.2 Å². The normalized spacial score (nSPS) is 16.7. The minimum absolute atomic E-state index is 0.143. The highest BCUT2D eigenvalue weighted by Crippen LogP contribution is 2.30. The van der Waals surface area contributed by atoms with Crippen molar-refractivity contribution in [2.45, 2.75) is 39.4 Å². The van der Waals surface area contributed by atoms with Gasteiger partial charge in [0.1, 0.15) is 18.5 Å². The zero-order chi connectivity index (χ0) is 18.5. The van der Waals surface area contributed by atoms with Gasteiger partial charge in [0.15, 0.2) is 17.6 Å². The van der Waals surface area contributed by atoms with Gasteiger partial charge in [-0.25, -0.2) is 0 Å². The lowest BCUT2D eigenvalue weighted by Crippen LogP contribution is -2.45. The maximum absolute atomic E-state index is 12.5. The van der Waals surface area contributed by atoms with E-state index in [1.165, 1.54) is 0 Å². The first-order chi connectivity index (χ1) is 12.6. The summed E-state index contributed by atoms with van der Waals surface area (Å²) in [5, 5.41) is 2.92. The number of fused-ring (bicyclic) bond motifs is 1. The van der Waals surface area contributed by atoms with Crippen molar-refractivity contribution in [3.05, 3.63) is 53.6 Å². The molecule has 0 aliphatic carbocycles. The lowest BCUT2D eigenvalue weighted by Gasteiger charge is -2.27. The maximum atomic E-state index is 12.5. The molecule has 1 aliphatic rings. The quantitative estimate of drug-likeness (QED) is 0.863. The van der Waals surface area contributed by atoms with Gasteiger partial charge in [-0.3, -0.25) is 4.79 Å². The first-order valence-corrected chi connectivity index (χ1v) is 8.97. The predicted molar refractivity (Wildman–Crippen MR) is 100.0 cm³/mol. The van der Waals surface area contributed by atoms with Gasteiger partial charge in [0.2, 0.25) is 0 Å². The number of para-hydroxylation sites is 2. The summed E-state index contributed by atoms with van der Waals surface area (Å²) in [7, 11) is 0. The number of rotatable bonds is 6. The molecule has 0 aromatic heterocycles. The van der Waals surface area contributed by atoms with Gasteiger partial charge < -0.3 is 19.5 Å². The van der Waals surface area contributed by atoms with Crippen molar-refractivity contribution >= 4 is 5.91 Å². The van der Waals surface area contributed by atoms with Crippen molar-refractivity contribution in [3.8, 4) is 17.2 Å². The van der Waals surface area contributed by atoms with Crippen LogP contribution in [0.25, 0.3) is 0 Å². The van der Waals surface area contributed by atoms with Gasteiger partial charge in [-0.05, 0) is 49.6 Å². The summed E-state index contributed by atoms with van der Waals surface area (Å²) in [6.07, 6.45) is -0.163. The topological polar surface area (TPSA) is 56.8 Å². The van der Waals surface area contributed by atoms with Crippen LogP contribution in [0.2, 0.25) is 0 Å². The van der Waals surface area contributed by atoms with Crippen LogP contribution in [0, 0.1) is 13.8 Å². The Morgan fingerprint density at radius 2 is 2.00 bits per heavy atom. The predicted octanol–water partition coefficient (Wildman–Crippen LogP) is 3.42. The Hall–Kier alpha value is -2.69. The van der Waals surface area contributed by atoms with Gasteiger partial charge in [-0.2, -0.15) is 0 Å². The highest BCUT2D eigenvalue weighted by Gasteiger charge is 2.24. The first-order valence-electron chi connectivity index (χ1n) is 8.97.